The number of nitrogens with one attached hydrogen (secondary N) is 1. The summed E-state index contributed by atoms with van der Waals surface area (Å²) in [6.07, 6.45) is 2.53. The highest BCUT2D eigenvalue weighted by Gasteiger charge is 2.35. The van der Waals surface area contributed by atoms with E-state index in [-0.39, 0.29) is 6.03 Å². The van der Waals surface area contributed by atoms with Crippen molar-refractivity contribution < 1.29 is 4.79 Å². The van der Waals surface area contributed by atoms with E-state index in [1.54, 1.807) is 0 Å². The van der Waals surface area contributed by atoms with E-state index in [1.807, 2.05) is 11.0 Å². The van der Waals surface area contributed by atoms with Crippen LogP contribution < -0.4 is 10.2 Å². The second-order valence-corrected chi connectivity index (χ2v) is 7.11. The summed E-state index contributed by atoms with van der Waals surface area (Å²) < 4.78 is 0. The lowest BCUT2D eigenvalue weighted by Gasteiger charge is -2.37. The fourth-order valence-electron chi connectivity index (χ4n) is 3.99. The number of anilines is 1. The largest absolute Gasteiger partial charge is 0.371 e. The van der Waals surface area contributed by atoms with Crippen LogP contribution in [-0.4, -0.2) is 61.1 Å². The molecule has 0 aromatic heterocycles. The van der Waals surface area contributed by atoms with Crippen molar-refractivity contribution in [2.45, 2.75) is 25.4 Å². The Kier molecular flexibility index (Phi) is 4.07. The van der Waals surface area contributed by atoms with Crippen molar-refractivity contribution in [3.63, 3.8) is 0 Å². The minimum atomic E-state index is 0.0881. The average Bonchev–Trinajstić information content (AvgIpc) is 3.20. The molecule has 1 aromatic rings. The average molecular weight is 335 g/mol. The van der Waals surface area contributed by atoms with E-state index < -0.39 is 0 Å². The summed E-state index contributed by atoms with van der Waals surface area (Å²) >= 11 is 6.53. The first-order chi connectivity index (χ1) is 11.2. The van der Waals surface area contributed by atoms with E-state index in [2.05, 4.69) is 27.2 Å². The number of urea groups is 1. The molecule has 2 amide bonds. The Balaban J connectivity index is 1.51. The van der Waals surface area contributed by atoms with Crippen LogP contribution in [0.5, 0.6) is 0 Å². The Morgan fingerprint density at radius 1 is 1.17 bits per heavy atom. The van der Waals surface area contributed by atoms with Gasteiger partial charge in [0.1, 0.15) is 0 Å². The van der Waals surface area contributed by atoms with Crippen molar-refractivity contribution in [1.29, 1.82) is 0 Å². The number of hydrogen-bond donors (Lipinski definition) is 1. The highest BCUT2D eigenvalue weighted by molar-refractivity contribution is 6.31. The second-order valence-electron chi connectivity index (χ2n) is 6.70. The number of piperazine rings is 1. The van der Waals surface area contributed by atoms with Gasteiger partial charge in [-0.1, -0.05) is 17.7 Å². The third kappa shape index (κ3) is 2.88. The Labute approximate surface area is 142 Å². The monoisotopic (exact) mass is 334 g/mol. The molecule has 3 fully saturated rings. The summed E-state index contributed by atoms with van der Waals surface area (Å²) in [5.74, 6) is 0. The Hall–Kier alpha value is -1.46. The van der Waals surface area contributed by atoms with Crippen molar-refractivity contribution in [3.8, 4) is 0 Å². The Bertz CT molecular complexity index is 602. The van der Waals surface area contributed by atoms with Gasteiger partial charge in [0.05, 0.1) is 6.04 Å². The smallest absolute Gasteiger partial charge is 0.317 e. The number of hydrogen-bond acceptors (Lipinski definition) is 3. The highest BCUT2D eigenvalue weighted by Crippen LogP contribution is 2.31. The van der Waals surface area contributed by atoms with Crippen LogP contribution in [0, 0.1) is 0 Å². The van der Waals surface area contributed by atoms with E-state index in [0.29, 0.717) is 6.04 Å². The van der Waals surface area contributed by atoms with Crippen LogP contribution in [0.1, 0.15) is 18.4 Å². The Morgan fingerprint density at radius 2 is 2.00 bits per heavy atom. The van der Waals surface area contributed by atoms with Crippen molar-refractivity contribution in [1.82, 2.24) is 15.1 Å². The molecule has 0 bridgehead atoms. The van der Waals surface area contributed by atoms with Gasteiger partial charge in [0, 0.05) is 62.1 Å². The molecule has 0 saturated carbocycles. The lowest BCUT2D eigenvalue weighted by Crippen LogP contribution is -2.51. The van der Waals surface area contributed by atoms with Crippen molar-refractivity contribution in [3.05, 3.63) is 28.8 Å². The molecule has 124 valence electrons. The van der Waals surface area contributed by atoms with Crippen LogP contribution in [0.2, 0.25) is 5.02 Å². The SMILES string of the molecule is O=C1NCC2CN(Cc3c(Cl)cccc3N3CCCC3)CCN12. The molecule has 1 N–H and O–H groups in total. The lowest BCUT2D eigenvalue weighted by molar-refractivity contribution is 0.117. The molecule has 5 nitrogen and oxygen atoms in total. The maximum Gasteiger partial charge on any atom is 0.317 e. The second kappa shape index (κ2) is 6.21. The van der Waals surface area contributed by atoms with Gasteiger partial charge in [-0.2, -0.15) is 0 Å². The first kappa shape index (κ1) is 15.1. The first-order valence-corrected chi connectivity index (χ1v) is 8.89. The maximum atomic E-state index is 11.7. The predicted molar refractivity (Wildman–Crippen MR) is 92.1 cm³/mol. The van der Waals surface area contributed by atoms with Crippen molar-refractivity contribution in [2.75, 3.05) is 44.2 Å². The molecule has 1 aromatic carbocycles. The normalized spacial score (nSPS) is 24.9. The van der Waals surface area contributed by atoms with E-state index in [0.717, 1.165) is 50.8 Å². The van der Waals surface area contributed by atoms with Crippen LogP contribution in [0.15, 0.2) is 18.2 Å². The number of benzene rings is 1. The third-order valence-electron chi connectivity index (χ3n) is 5.24. The quantitative estimate of drug-likeness (QED) is 0.920. The first-order valence-electron chi connectivity index (χ1n) is 8.51. The molecule has 23 heavy (non-hydrogen) atoms. The van der Waals surface area contributed by atoms with Gasteiger partial charge >= 0.3 is 6.03 Å². The van der Waals surface area contributed by atoms with Crippen molar-refractivity contribution >= 4 is 23.3 Å². The number of carbonyl (C=O) groups excluding carboxylic acids is 1. The molecule has 3 saturated heterocycles. The zero-order chi connectivity index (χ0) is 15.8. The molecule has 0 spiro atoms. The zero-order valence-electron chi connectivity index (χ0n) is 13.3. The highest BCUT2D eigenvalue weighted by atomic mass is 35.5. The van der Waals surface area contributed by atoms with Gasteiger partial charge in [0.25, 0.3) is 0 Å². The summed E-state index contributed by atoms with van der Waals surface area (Å²) in [6.45, 7) is 6.52. The molecule has 1 unspecified atom stereocenters. The Morgan fingerprint density at radius 3 is 2.83 bits per heavy atom. The van der Waals surface area contributed by atoms with Crippen LogP contribution >= 0.6 is 11.6 Å². The third-order valence-corrected chi connectivity index (χ3v) is 5.59. The summed E-state index contributed by atoms with van der Waals surface area (Å²) in [7, 11) is 0. The molecular weight excluding hydrogens is 312 g/mol. The fourth-order valence-corrected chi connectivity index (χ4v) is 4.22. The zero-order valence-corrected chi connectivity index (χ0v) is 14.1. The number of carbonyl (C=O) groups is 1. The van der Waals surface area contributed by atoms with Crippen LogP contribution in [0.3, 0.4) is 0 Å². The van der Waals surface area contributed by atoms with E-state index in [1.165, 1.54) is 24.1 Å². The summed E-state index contributed by atoms with van der Waals surface area (Å²) in [5, 5.41) is 3.80. The molecule has 0 aliphatic carbocycles. The molecule has 0 radical (unpaired) electrons. The van der Waals surface area contributed by atoms with Gasteiger partial charge < -0.3 is 15.1 Å². The van der Waals surface area contributed by atoms with Gasteiger partial charge in [-0.05, 0) is 25.0 Å². The minimum absolute atomic E-state index is 0.0881. The van der Waals surface area contributed by atoms with Gasteiger partial charge in [0.2, 0.25) is 0 Å². The summed E-state index contributed by atoms with van der Waals surface area (Å²) in [4.78, 5) is 18.6. The number of halogens is 1. The maximum absolute atomic E-state index is 11.7. The lowest BCUT2D eigenvalue weighted by atomic mass is 10.1. The molecule has 3 heterocycles. The molecule has 3 aliphatic rings. The van der Waals surface area contributed by atoms with E-state index in [9.17, 15) is 4.79 Å². The van der Waals surface area contributed by atoms with Crippen LogP contribution in [0.4, 0.5) is 10.5 Å². The minimum Gasteiger partial charge on any atom is -0.371 e. The number of rotatable bonds is 3. The van der Waals surface area contributed by atoms with Crippen LogP contribution in [0.25, 0.3) is 0 Å². The number of amides is 2. The topological polar surface area (TPSA) is 38.8 Å². The molecule has 4 rings (SSSR count). The molecular formula is C17H23ClN4O. The van der Waals surface area contributed by atoms with Crippen molar-refractivity contribution in [2.24, 2.45) is 0 Å². The van der Waals surface area contributed by atoms with Gasteiger partial charge in [-0.25, -0.2) is 4.79 Å². The number of nitrogens with zero attached hydrogens (tertiary/aromatic N) is 3. The fraction of sp³-hybridized carbons (Fsp3) is 0.588. The van der Waals surface area contributed by atoms with Gasteiger partial charge in [-0.15, -0.1) is 0 Å². The van der Waals surface area contributed by atoms with Gasteiger partial charge in [-0.3, -0.25) is 4.90 Å². The molecule has 6 heteroatoms. The van der Waals surface area contributed by atoms with E-state index in [4.69, 9.17) is 11.6 Å². The summed E-state index contributed by atoms with van der Waals surface area (Å²) in [5.41, 5.74) is 2.53. The number of fused-ring (bicyclic) bond motifs is 1. The molecule has 3 aliphatic heterocycles. The van der Waals surface area contributed by atoms with Crippen LogP contribution in [-0.2, 0) is 6.54 Å². The molecule has 1 atom stereocenters. The standard InChI is InChI=1S/C17H23ClN4O/c18-15-4-3-5-16(21-6-1-2-7-21)14(15)12-20-8-9-22-13(11-20)10-19-17(22)23/h3-5,13H,1-2,6-12H2,(H,19,23). The summed E-state index contributed by atoms with van der Waals surface area (Å²) in [6, 6.07) is 6.63. The van der Waals surface area contributed by atoms with E-state index >= 15 is 0 Å². The van der Waals surface area contributed by atoms with Gasteiger partial charge in [0.15, 0.2) is 0 Å². The predicted octanol–water partition coefficient (Wildman–Crippen LogP) is 2.15.